The van der Waals surface area contributed by atoms with Crippen molar-refractivity contribution in [2.75, 3.05) is 5.88 Å². The van der Waals surface area contributed by atoms with Crippen LogP contribution in [0.4, 0.5) is 0 Å². The van der Waals surface area contributed by atoms with Gasteiger partial charge in [-0.3, -0.25) is 4.79 Å². The molecule has 0 bridgehead atoms. The van der Waals surface area contributed by atoms with Crippen LogP contribution in [0.3, 0.4) is 0 Å². The summed E-state index contributed by atoms with van der Waals surface area (Å²) in [5.74, 6) is -0.639. The van der Waals surface area contributed by atoms with Gasteiger partial charge >= 0.3 is 63.9 Å². The van der Waals surface area contributed by atoms with Gasteiger partial charge in [-0.25, -0.2) is 0 Å². The van der Waals surface area contributed by atoms with E-state index in [9.17, 15) is 4.79 Å². The molecule has 0 radical (unpaired) electrons. The molecule has 0 saturated heterocycles. The molecule has 2 nitrogen and oxygen atoms in total. The number of halogens is 1. The zero-order valence-corrected chi connectivity index (χ0v) is 8.55. The predicted molar refractivity (Wildman–Crippen MR) is 44.4 cm³/mol. The molecule has 0 aliphatic carbocycles. The van der Waals surface area contributed by atoms with E-state index < -0.39 is 5.97 Å². The summed E-state index contributed by atoms with van der Waals surface area (Å²) in [5.41, 5.74) is 0. The average Bonchev–Trinajstić information content (AvgIpc) is 1.72. The zero-order chi connectivity index (χ0) is 6.99. The Morgan fingerprint density at radius 3 is 1.89 bits per heavy atom. The van der Waals surface area contributed by atoms with Crippen molar-refractivity contribution >= 4 is 75.5 Å². The Kier molecular flexibility index (Phi) is 31.1. The molecular weight excluding hydrogens is 284 g/mol. The van der Waals surface area contributed by atoms with Crippen LogP contribution in [-0.2, 0) is 4.79 Å². The second-order valence-corrected chi connectivity index (χ2v) is 1.21. The van der Waals surface area contributed by atoms with Gasteiger partial charge in [-0.1, -0.05) is 0 Å². The van der Waals surface area contributed by atoms with Crippen molar-refractivity contribution in [1.29, 1.82) is 0 Å². The number of alkyl halides is 1. The SMILES string of the molecule is O=C(O)CCCl.[NaH].[SeH][SeH]. The van der Waals surface area contributed by atoms with Crippen LogP contribution >= 0.6 is 11.6 Å². The zero-order valence-electron chi connectivity index (χ0n) is 4.04. The molecule has 6 heteroatoms. The number of carboxylic acid groups (broad SMARTS) is 1. The van der Waals surface area contributed by atoms with Crippen LogP contribution in [0.25, 0.3) is 0 Å². The molecule has 0 aliphatic heterocycles. The fourth-order valence-electron chi connectivity index (χ4n) is 0.0808. The fraction of sp³-hybridized carbons (Fsp3) is 0.667. The quantitative estimate of drug-likeness (QED) is 0.510. The van der Waals surface area contributed by atoms with Crippen molar-refractivity contribution in [3.8, 4) is 0 Å². The number of rotatable bonds is 2. The number of hydrogen-bond acceptors (Lipinski definition) is 1. The third kappa shape index (κ3) is 25.9. The number of carbonyl (C=O) groups is 1. The van der Waals surface area contributed by atoms with Gasteiger partial charge in [-0.2, -0.15) is 0 Å². The van der Waals surface area contributed by atoms with E-state index in [1.807, 2.05) is 0 Å². The first-order valence-electron chi connectivity index (χ1n) is 1.75. The summed E-state index contributed by atoms with van der Waals surface area (Å²) in [6.07, 6.45) is 0.0571. The molecule has 0 aliphatic rings. The van der Waals surface area contributed by atoms with Crippen molar-refractivity contribution in [3.63, 3.8) is 0 Å². The summed E-state index contributed by atoms with van der Waals surface area (Å²) in [5, 5.41) is 7.83. The van der Waals surface area contributed by atoms with Crippen molar-refractivity contribution in [2.45, 2.75) is 6.42 Å². The van der Waals surface area contributed by atoms with Gasteiger partial charge < -0.3 is 5.11 Å². The van der Waals surface area contributed by atoms with Gasteiger partial charge in [0.25, 0.3) is 0 Å². The van der Waals surface area contributed by atoms with Crippen LogP contribution < -0.4 is 0 Å². The Morgan fingerprint density at radius 2 is 1.89 bits per heavy atom. The first-order valence-corrected chi connectivity index (χ1v) is 7.48. The molecule has 0 saturated carbocycles. The van der Waals surface area contributed by atoms with E-state index in [1.165, 1.54) is 0 Å². The number of aliphatic carboxylic acids is 1. The van der Waals surface area contributed by atoms with Crippen LogP contribution in [0.2, 0.25) is 0 Å². The van der Waals surface area contributed by atoms with Gasteiger partial charge in [0.2, 0.25) is 0 Å². The van der Waals surface area contributed by atoms with Gasteiger partial charge in [-0.15, -0.1) is 11.6 Å². The van der Waals surface area contributed by atoms with Gasteiger partial charge in [0.15, 0.2) is 0 Å². The molecule has 0 unspecified atom stereocenters. The Morgan fingerprint density at radius 1 is 1.56 bits per heavy atom. The van der Waals surface area contributed by atoms with Gasteiger partial charge in [0.1, 0.15) is 0 Å². The van der Waals surface area contributed by atoms with Crippen LogP contribution in [0.15, 0.2) is 0 Å². The first-order chi connectivity index (χ1) is 3.77. The van der Waals surface area contributed by atoms with Crippen molar-refractivity contribution in [3.05, 3.63) is 0 Å². The third-order valence-electron chi connectivity index (χ3n) is 0.308. The van der Waals surface area contributed by atoms with E-state index in [4.69, 9.17) is 16.7 Å². The van der Waals surface area contributed by atoms with Crippen molar-refractivity contribution in [2.24, 2.45) is 0 Å². The summed E-state index contributed by atoms with van der Waals surface area (Å²) in [6.45, 7) is 0. The standard InChI is InChI=1S/C3H5ClO2.Na.H2Se2.H/c4-2-1-3(5)6;;1-2;/h1-2H2,(H,5,6);;1-2H;. The van der Waals surface area contributed by atoms with Crippen LogP contribution in [0.1, 0.15) is 6.42 Å². The van der Waals surface area contributed by atoms with Crippen LogP contribution in [0.5, 0.6) is 0 Å². The van der Waals surface area contributed by atoms with Gasteiger partial charge in [-0.05, 0) is 0 Å². The molecule has 0 amide bonds. The average molecular weight is 292 g/mol. The Bertz CT molecular complexity index is 63.8. The summed E-state index contributed by atoms with van der Waals surface area (Å²) < 4.78 is 0. The van der Waals surface area contributed by atoms with E-state index in [0.717, 1.165) is 0 Å². The normalized spacial score (nSPS) is 6.11. The number of carboxylic acids is 1. The minimum atomic E-state index is -0.843. The number of hydrogen-bond donors (Lipinski definition) is 1. The molecule has 1 N–H and O–H groups in total. The summed E-state index contributed by atoms with van der Waals surface area (Å²) >= 11 is 9.52. The summed E-state index contributed by atoms with van der Waals surface area (Å²) in [4.78, 5) is 9.51. The molecule has 0 rings (SSSR count). The molecule has 0 atom stereocenters. The van der Waals surface area contributed by atoms with Crippen LogP contribution in [0, 0.1) is 0 Å². The molecule has 0 aromatic heterocycles. The van der Waals surface area contributed by atoms with Crippen molar-refractivity contribution < 1.29 is 9.90 Å². The molecular formula is C3H8ClNaO2Se2. The Labute approximate surface area is 96.6 Å². The minimum absolute atomic E-state index is 0. The van der Waals surface area contributed by atoms with E-state index in [2.05, 4.69) is 28.4 Å². The topological polar surface area (TPSA) is 37.3 Å². The summed E-state index contributed by atoms with van der Waals surface area (Å²) in [6, 6.07) is 0. The predicted octanol–water partition coefficient (Wildman–Crippen LogP) is -1.25. The van der Waals surface area contributed by atoms with E-state index in [-0.39, 0.29) is 41.9 Å². The second-order valence-electron chi connectivity index (χ2n) is 0.833. The van der Waals surface area contributed by atoms with Gasteiger partial charge in [0.05, 0.1) is 6.42 Å². The Balaban J connectivity index is -0.000000109. The first kappa shape index (κ1) is 17.0. The monoisotopic (exact) mass is 294 g/mol. The van der Waals surface area contributed by atoms with E-state index >= 15 is 0 Å². The molecule has 0 aromatic carbocycles. The fourth-order valence-corrected chi connectivity index (χ4v) is 0.243. The van der Waals surface area contributed by atoms with Gasteiger partial charge in [0, 0.05) is 5.88 Å². The molecule has 52 valence electrons. The second kappa shape index (κ2) is 16.4. The third-order valence-corrected chi connectivity index (χ3v) is 0.497. The molecule has 0 aromatic rings. The molecule has 0 fully saturated rings. The van der Waals surface area contributed by atoms with Crippen LogP contribution in [-0.4, -0.2) is 74.9 Å². The van der Waals surface area contributed by atoms with Crippen molar-refractivity contribution in [1.82, 2.24) is 0 Å². The van der Waals surface area contributed by atoms with E-state index in [1.54, 1.807) is 0 Å². The maximum absolute atomic E-state index is 9.51. The molecule has 0 heterocycles. The van der Waals surface area contributed by atoms with E-state index in [0.29, 0.717) is 0 Å². The maximum atomic E-state index is 9.51. The summed E-state index contributed by atoms with van der Waals surface area (Å²) in [7, 11) is 0. The molecule has 9 heavy (non-hydrogen) atoms. The molecule has 0 spiro atoms. The Hall–Kier alpha value is 1.80.